The van der Waals surface area contributed by atoms with Gasteiger partial charge in [0.1, 0.15) is 0 Å². The third-order valence-corrected chi connectivity index (χ3v) is 3.72. The molecule has 1 aliphatic carbocycles. The van der Waals surface area contributed by atoms with Crippen LogP contribution in [-0.4, -0.2) is 22.4 Å². The number of hydrogen-bond acceptors (Lipinski definition) is 2. The van der Waals surface area contributed by atoms with E-state index in [9.17, 15) is 10.2 Å². The summed E-state index contributed by atoms with van der Waals surface area (Å²) in [6, 6.07) is 0. The summed E-state index contributed by atoms with van der Waals surface area (Å²) in [6.45, 7) is 8.19. The SMILES string of the molecule is CC1C(O)C(O)C(C)C1(C)C. The molecule has 4 atom stereocenters. The summed E-state index contributed by atoms with van der Waals surface area (Å²) in [5.74, 6) is 0.375. The van der Waals surface area contributed by atoms with Crippen LogP contribution in [0.15, 0.2) is 0 Å². The van der Waals surface area contributed by atoms with Gasteiger partial charge in [0.2, 0.25) is 0 Å². The molecule has 0 aromatic carbocycles. The Kier molecular flexibility index (Phi) is 2.01. The second-order valence-corrected chi connectivity index (χ2v) is 4.38. The van der Waals surface area contributed by atoms with Gasteiger partial charge in [0, 0.05) is 0 Å². The summed E-state index contributed by atoms with van der Waals surface area (Å²) in [7, 11) is 0. The molecule has 1 rings (SSSR count). The Labute approximate surface area is 68.2 Å². The molecule has 2 nitrogen and oxygen atoms in total. The molecular formula is C9H18O2. The van der Waals surface area contributed by atoms with E-state index in [0.717, 1.165) is 0 Å². The van der Waals surface area contributed by atoms with E-state index in [2.05, 4.69) is 13.8 Å². The van der Waals surface area contributed by atoms with Crippen LogP contribution in [0.3, 0.4) is 0 Å². The van der Waals surface area contributed by atoms with Crippen molar-refractivity contribution in [2.45, 2.75) is 39.9 Å². The van der Waals surface area contributed by atoms with Crippen LogP contribution in [0.25, 0.3) is 0 Å². The second kappa shape index (κ2) is 2.46. The molecule has 1 aliphatic rings. The molecule has 0 aromatic rings. The highest BCUT2D eigenvalue weighted by Crippen LogP contribution is 2.46. The molecule has 4 unspecified atom stereocenters. The fraction of sp³-hybridized carbons (Fsp3) is 1.00. The van der Waals surface area contributed by atoms with Gasteiger partial charge in [0.15, 0.2) is 0 Å². The van der Waals surface area contributed by atoms with E-state index >= 15 is 0 Å². The molecule has 0 amide bonds. The third-order valence-electron chi connectivity index (χ3n) is 3.72. The molecule has 0 aliphatic heterocycles. The summed E-state index contributed by atoms with van der Waals surface area (Å²) >= 11 is 0. The minimum absolute atomic E-state index is 0.0544. The Hall–Kier alpha value is -0.0800. The highest BCUT2D eigenvalue weighted by molar-refractivity contribution is 4.98. The summed E-state index contributed by atoms with van der Waals surface area (Å²) in [4.78, 5) is 0. The Morgan fingerprint density at radius 1 is 0.909 bits per heavy atom. The first-order chi connectivity index (χ1) is 4.89. The van der Waals surface area contributed by atoms with E-state index in [-0.39, 0.29) is 17.3 Å². The van der Waals surface area contributed by atoms with Crippen molar-refractivity contribution in [2.24, 2.45) is 17.3 Å². The smallest absolute Gasteiger partial charge is 0.0832 e. The Balaban J connectivity index is 2.87. The van der Waals surface area contributed by atoms with Crippen molar-refractivity contribution >= 4 is 0 Å². The largest absolute Gasteiger partial charge is 0.390 e. The van der Waals surface area contributed by atoms with Gasteiger partial charge in [-0.25, -0.2) is 0 Å². The van der Waals surface area contributed by atoms with Crippen molar-refractivity contribution < 1.29 is 10.2 Å². The maximum absolute atomic E-state index is 9.52. The number of aliphatic hydroxyl groups excluding tert-OH is 2. The quantitative estimate of drug-likeness (QED) is 0.552. The van der Waals surface area contributed by atoms with E-state index in [1.807, 2.05) is 13.8 Å². The molecule has 2 heteroatoms. The fourth-order valence-corrected chi connectivity index (χ4v) is 1.89. The van der Waals surface area contributed by atoms with E-state index < -0.39 is 12.2 Å². The van der Waals surface area contributed by atoms with Crippen LogP contribution in [-0.2, 0) is 0 Å². The lowest BCUT2D eigenvalue weighted by molar-refractivity contribution is 0.00981. The van der Waals surface area contributed by atoms with Crippen LogP contribution in [0.5, 0.6) is 0 Å². The van der Waals surface area contributed by atoms with Crippen molar-refractivity contribution in [3.63, 3.8) is 0 Å². The molecule has 0 radical (unpaired) electrons. The minimum atomic E-state index is -0.542. The Bertz CT molecular complexity index is 138. The van der Waals surface area contributed by atoms with Crippen LogP contribution in [0.2, 0.25) is 0 Å². The lowest BCUT2D eigenvalue weighted by Gasteiger charge is -2.28. The van der Waals surface area contributed by atoms with Crippen molar-refractivity contribution in [3.8, 4) is 0 Å². The molecular weight excluding hydrogens is 140 g/mol. The highest BCUT2D eigenvalue weighted by Gasteiger charge is 2.49. The number of hydrogen-bond donors (Lipinski definition) is 2. The highest BCUT2D eigenvalue weighted by atomic mass is 16.3. The van der Waals surface area contributed by atoms with Crippen LogP contribution >= 0.6 is 0 Å². The standard InChI is InChI=1S/C9H18O2/c1-5-7(10)8(11)6(2)9(5,3)4/h5-8,10-11H,1-4H3. The molecule has 0 bridgehead atoms. The maximum atomic E-state index is 9.52. The summed E-state index contributed by atoms with van der Waals surface area (Å²) in [5.41, 5.74) is 0.0544. The van der Waals surface area contributed by atoms with E-state index in [4.69, 9.17) is 0 Å². The normalized spacial score (nSPS) is 49.6. The predicted molar refractivity (Wildman–Crippen MR) is 44.1 cm³/mol. The molecule has 66 valence electrons. The average molecular weight is 158 g/mol. The molecule has 0 spiro atoms. The maximum Gasteiger partial charge on any atom is 0.0832 e. The monoisotopic (exact) mass is 158 g/mol. The van der Waals surface area contributed by atoms with Gasteiger partial charge in [-0.15, -0.1) is 0 Å². The van der Waals surface area contributed by atoms with Crippen LogP contribution in [0.4, 0.5) is 0 Å². The summed E-state index contributed by atoms with van der Waals surface area (Å²) < 4.78 is 0. The van der Waals surface area contributed by atoms with Gasteiger partial charge in [-0.1, -0.05) is 27.7 Å². The van der Waals surface area contributed by atoms with E-state index in [0.29, 0.717) is 0 Å². The van der Waals surface area contributed by atoms with Gasteiger partial charge in [-0.3, -0.25) is 0 Å². The summed E-state index contributed by atoms with van der Waals surface area (Å²) in [5, 5.41) is 19.0. The topological polar surface area (TPSA) is 40.5 Å². The van der Waals surface area contributed by atoms with Crippen LogP contribution in [0.1, 0.15) is 27.7 Å². The zero-order chi connectivity index (χ0) is 8.81. The third kappa shape index (κ3) is 1.09. The minimum Gasteiger partial charge on any atom is -0.390 e. The van der Waals surface area contributed by atoms with Gasteiger partial charge >= 0.3 is 0 Å². The second-order valence-electron chi connectivity index (χ2n) is 4.38. The lowest BCUT2D eigenvalue weighted by Crippen LogP contribution is -2.26. The van der Waals surface area contributed by atoms with Crippen LogP contribution in [0, 0.1) is 17.3 Å². The first kappa shape index (κ1) is 9.01. The van der Waals surface area contributed by atoms with E-state index in [1.54, 1.807) is 0 Å². The zero-order valence-electron chi connectivity index (χ0n) is 7.70. The van der Waals surface area contributed by atoms with Gasteiger partial charge in [0.25, 0.3) is 0 Å². The van der Waals surface area contributed by atoms with Crippen molar-refractivity contribution in [1.29, 1.82) is 0 Å². The Morgan fingerprint density at radius 3 is 1.27 bits per heavy atom. The van der Waals surface area contributed by atoms with E-state index in [1.165, 1.54) is 0 Å². The van der Waals surface area contributed by atoms with Gasteiger partial charge in [0.05, 0.1) is 12.2 Å². The van der Waals surface area contributed by atoms with Crippen LogP contribution < -0.4 is 0 Å². The van der Waals surface area contributed by atoms with Crippen molar-refractivity contribution in [2.75, 3.05) is 0 Å². The van der Waals surface area contributed by atoms with Gasteiger partial charge in [-0.2, -0.15) is 0 Å². The Morgan fingerprint density at radius 2 is 1.18 bits per heavy atom. The number of rotatable bonds is 0. The number of aliphatic hydroxyl groups is 2. The first-order valence-corrected chi connectivity index (χ1v) is 4.25. The predicted octanol–water partition coefficient (Wildman–Crippen LogP) is 1.02. The summed E-state index contributed by atoms with van der Waals surface area (Å²) in [6.07, 6.45) is -1.08. The molecule has 0 heterocycles. The van der Waals surface area contributed by atoms with Crippen molar-refractivity contribution in [1.82, 2.24) is 0 Å². The zero-order valence-corrected chi connectivity index (χ0v) is 7.70. The molecule has 1 fully saturated rings. The molecule has 1 saturated carbocycles. The van der Waals surface area contributed by atoms with Crippen molar-refractivity contribution in [3.05, 3.63) is 0 Å². The first-order valence-electron chi connectivity index (χ1n) is 4.25. The fourth-order valence-electron chi connectivity index (χ4n) is 1.89. The molecule has 2 N–H and O–H groups in total. The lowest BCUT2D eigenvalue weighted by atomic mass is 9.77. The van der Waals surface area contributed by atoms with Gasteiger partial charge in [-0.05, 0) is 17.3 Å². The average Bonchev–Trinajstić information content (AvgIpc) is 2.06. The molecule has 0 aromatic heterocycles. The molecule has 11 heavy (non-hydrogen) atoms. The van der Waals surface area contributed by atoms with Gasteiger partial charge < -0.3 is 10.2 Å². The molecule has 0 saturated heterocycles.